The Morgan fingerprint density at radius 1 is 0.881 bits per heavy atom. The Bertz CT molecular complexity index is 1580. The fourth-order valence-corrected chi connectivity index (χ4v) is 5.70. The molecule has 0 aromatic heterocycles. The van der Waals surface area contributed by atoms with Crippen molar-refractivity contribution in [3.8, 4) is 22.6 Å². The highest BCUT2D eigenvalue weighted by Gasteiger charge is 2.23. The standard InChI is InChI=1S/C32H31BrN4O5/c33-32-24(10-7-11-26(32)23-8-3-1-4-9-23)21-42-31-18-30(41-20-22-12-13-28(35-38)27(34)16-22)25(17-29(31)37(39)40)19-36-14-5-2-6-15-36/h1,3-4,7-13,16-18H,2,5-6,14-15,19-21,34H2. The molecule has 1 fully saturated rings. The Hall–Kier alpha value is -4.28. The maximum atomic E-state index is 12.2. The SMILES string of the molecule is Nc1cc(COc2cc(OCc3cccc(-c4ccccc4)c3Br)c([N+](=O)[O-])cc2CN2CCCCC2)ccc1N=O. The number of likely N-dealkylation sites (tertiary alicyclic amines) is 1. The first-order valence-electron chi connectivity index (χ1n) is 13.8. The molecule has 1 heterocycles. The molecular weight excluding hydrogens is 600 g/mol. The lowest BCUT2D eigenvalue weighted by molar-refractivity contribution is -0.386. The van der Waals surface area contributed by atoms with E-state index in [1.165, 1.54) is 6.42 Å². The van der Waals surface area contributed by atoms with Gasteiger partial charge < -0.3 is 15.2 Å². The van der Waals surface area contributed by atoms with Crippen molar-refractivity contribution in [2.45, 2.75) is 39.0 Å². The summed E-state index contributed by atoms with van der Waals surface area (Å²) in [6.07, 6.45) is 3.36. The Labute approximate surface area is 252 Å². The van der Waals surface area contributed by atoms with E-state index >= 15 is 0 Å². The maximum absolute atomic E-state index is 12.2. The van der Waals surface area contributed by atoms with Crippen LogP contribution in [0.2, 0.25) is 0 Å². The Morgan fingerprint density at radius 2 is 1.64 bits per heavy atom. The molecule has 1 aliphatic heterocycles. The molecule has 4 aromatic rings. The number of hydrogen-bond acceptors (Lipinski definition) is 8. The van der Waals surface area contributed by atoms with Gasteiger partial charge in [-0.25, -0.2) is 0 Å². The fourth-order valence-electron chi connectivity index (χ4n) is 5.09. The van der Waals surface area contributed by atoms with Crippen LogP contribution in [0.5, 0.6) is 11.5 Å². The molecule has 0 radical (unpaired) electrons. The Kier molecular flexibility index (Phi) is 9.45. The molecule has 0 amide bonds. The lowest BCUT2D eigenvalue weighted by Gasteiger charge is -2.27. The van der Waals surface area contributed by atoms with Crippen LogP contribution in [-0.4, -0.2) is 22.9 Å². The van der Waals surface area contributed by atoms with Gasteiger partial charge in [0, 0.05) is 34.3 Å². The number of ether oxygens (including phenoxy) is 2. The van der Waals surface area contributed by atoms with Crippen molar-refractivity contribution in [3.63, 3.8) is 0 Å². The van der Waals surface area contributed by atoms with Gasteiger partial charge in [0.1, 0.15) is 24.7 Å². The quantitative estimate of drug-likeness (QED) is 0.0768. The summed E-state index contributed by atoms with van der Waals surface area (Å²) < 4.78 is 13.2. The molecule has 4 aromatic carbocycles. The van der Waals surface area contributed by atoms with Gasteiger partial charge in [0.2, 0.25) is 5.75 Å². The number of hydrogen-bond donors (Lipinski definition) is 1. The predicted octanol–water partition coefficient (Wildman–Crippen LogP) is 8.15. The first-order chi connectivity index (χ1) is 20.4. The minimum absolute atomic E-state index is 0.115. The molecule has 1 saturated heterocycles. The van der Waals surface area contributed by atoms with Gasteiger partial charge in [-0.3, -0.25) is 15.0 Å². The molecular formula is C32H31BrN4O5. The molecule has 1 aliphatic rings. The molecule has 0 unspecified atom stereocenters. The smallest absolute Gasteiger partial charge is 0.311 e. The number of benzene rings is 4. The van der Waals surface area contributed by atoms with Crippen molar-refractivity contribution in [3.05, 3.63) is 115 Å². The van der Waals surface area contributed by atoms with Crippen LogP contribution in [0.3, 0.4) is 0 Å². The molecule has 0 spiro atoms. The number of anilines is 1. The van der Waals surface area contributed by atoms with Crippen molar-refractivity contribution >= 4 is 33.0 Å². The number of nitrogens with zero attached hydrogens (tertiary/aromatic N) is 3. The first kappa shape index (κ1) is 29.2. The second kappa shape index (κ2) is 13.6. The summed E-state index contributed by atoms with van der Waals surface area (Å²) in [5, 5.41) is 15.1. The highest BCUT2D eigenvalue weighted by molar-refractivity contribution is 9.10. The van der Waals surface area contributed by atoms with Crippen molar-refractivity contribution in [1.29, 1.82) is 0 Å². The van der Waals surface area contributed by atoms with Gasteiger partial charge in [-0.2, -0.15) is 0 Å². The number of nitro groups is 1. The molecule has 10 heteroatoms. The number of halogens is 1. The average molecular weight is 632 g/mol. The fraction of sp³-hybridized carbons (Fsp3) is 0.250. The summed E-state index contributed by atoms with van der Waals surface area (Å²) >= 11 is 3.71. The van der Waals surface area contributed by atoms with Crippen LogP contribution < -0.4 is 15.2 Å². The number of piperidine rings is 1. The Morgan fingerprint density at radius 3 is 2.36 bits per heavy atom. The average Bonchev–Trinajstić information content (AvgIpc) is 3.01. The molecule has 42 heavy (non-hydrogen) atoms. The number of nitro benzene ring substituents is 1. The van der Waals surface area contributed by atoms with Gasteiger partial charge in [0.15, 0.2) is 0 Å². The third kappa shape index (κ3) is 6.95. The zero-order chi connectivity index (χ0) is 29.5. The van der Waals surface area contributed by atoms with Gasteiger partial charge in [0.25, 0.3) is 0 Å². The van der Waals surface area contributed by atoms with Crippen LogP contribution in [0.1, 0.15) is 36.0 Å². The van der Waals surface area contributed by atoms with Gasteiger partial charge in [0.05, 0.1) is 10.6 Å². The molecule has 0 bridgehead atoms. The molecule has 0 saturated carbocycles. The first-order valence-corrected chi connectivity index (χ1v) is 14.6. The number of rotatable bonds is 11. The summed E-state index contributed by atoms with van der Waals surface area (Å²) in [6, 6.07) is 23.9. The van der Waals surface area contributed by atoms with E-state index in [0.29, 0.717) is 17.9 Å². The molecule has 0 aliphatic carbocycles. The van der Waals surface area contributed by atoms with Crippen molar-refractivity contribution in [1.82, 2.24) is 4.90 Å². The van der Waals surface area contributed by atoms with Crippen LogP contribution >= 0.6 is 15.9 Å². The second-order valence-corrected chi connectivity index (χ2v) is 11.0. The third-order valence-corrected chi connectivity index (χ3v) is 8.25. The minimum Gasteiger partial charge on any atom is -0.488 e. The van der Waals surface area contributed by atoms with E-state index in [0.717, 1.165) is 52.7 Å². The molecule has 216 valence electrons. The highest BCUT2D eigenvalue weighted by atomic mass is 79.9. The van der Waals surface area contributed by atoms with Gasteiger partial charge >= 0.3 is 5.69 Å². The summed E-state index contributed by atoms with van der Waals surface area (Å²) in [5.74, 6) is 0.615. The zero-order valence-corrected chi connectivity index (χ0v) is 24.6. The van der Waals surface area contributed by atoms with E-state index in [-0.39, 0.29) is 36.0 Å². The molecule has 5 rings (SSSR count). The Balaban J connectivity index is 1.44. The minimum atomic E-state index is -0.417. The van der Waals surface area contributed by atoms with E-state index in [4.69, 9.17) is 15.2 Å². The van der Waals surface area contributed by atoms with Crippen molar-refractivity contribution in [2.24, 2.45) is 5.18 Å². The van der Waals surface area contributed by atoms with Crippen LogP contribution in [0.25, 0.3) is 11.1 Å². The van der Waals surface area contributed by atoms with E-state index in [1.807, 2.05) is 48.5 Å². The molecule has 9 nitrogen and oxygen atoms in total. The van der Waals surface area contributed by atoms with E-state index < -0.39 is 4.92 Å². The number of nitrogen functional groups attached to an aromatic ring is 1. The van der Waals surface area contributed by atoms with Crippen LogP contribution in [-0.2, 0) is 19.8 Å². The normalized spacial score (nSPS) is 13.5. The largest absolute Gasteiger partial charge is 0.488 e. The topological polar surface area (TPSA) is 120 Å². The molecule has 0 atom stereocenters. The van der Waals surface area contributed by atoms with Gasteiger partial charge in [-0.1, -0.05) is 61.0 Å². The monoisotopic (exact) mass is 630 g/mol. The predicted molar refractivity (Wildman–Crippen MR) is 167 cm³/mol. The number of nitrogens with two attached hydrogens (primary N) is 1. The van der Waals surface area contributed by atoms with E-state index in [9.17, 15) is 15.0 Å². The van der Waals surface area contributed by atoms with E-state index in [1.54, 1.807) is 30.3 Å². The summed E-state index contributed by atoms with van der Waals surface area (Å²) in [5.41, 5.74) is 10.6. The lowest BCUT2D eigenvalue weighted by Crippen LogP contribution is -2.29. The van der Waals surface area contributed by atoms with Crippen molar-refractivity contribution < 1.29 is 14.4 Å². The highest BCUT2D eigenvalue weighted by Crippen LogP contribution is 2.38. The number of nitroso groups, excluding NO2 is 1. The molecule has 2 N–H and O–H groups in total. The van der Waals surface area contributed by atoms with Crippen LogP contribution in [0.15, 0.2) is 88.5 Å². The van der Waals surface area contributed by atoms with Gasteiger partial charge in [-0.15, -0.1) is 4.91 Å². The van der Waals surface area contributed by atoms with Gasteiger partial charge in [-0.05, 0) is 75.9 Å². The third-order valence-electron chi connectivity index (χ3n) is 7.31. The second-order valence-electron chi connectivity index (χ2n) is 10.2. The summed E-state index contributed by atoms with van der Waals surface area (Å²) in [4.78, 5) is 25.0. The van der Waals surface area contributed by atoms with Crippen molar-refractivity contribution in [2.75, 3.05) is 18.8 Å². The summed E-state index contributed by atoms with van der Waals surface area (Å²) in [6.45, 7) is 2.64. The van der Waals surface area contributed by atoms with Crippen LogP contribution in [0.4, 0.5) is 17.1 Å². The lowest BCUT2D eigenvalue weighted by atomic mass is 10.0. The van der Waals surface area contributed by atoms with E-state index in [2.05, 4.69) is 26.0 Å². The maximum Gasteiger partial charge on any atom is 0.311 e. The summed E-state index contributed by atoms with van der Waals surface area (Å²) in [7, 11) is 0. The van der Waals surface area contributed by atoms with Crippen LogP contribution in [0, 0.1) is 15.0 Å². The zero-order valence-electron chi connectivity index (χ0n) is 23.0.